The molecule has 0 aliphatic heterocycles. The van der Waals surface area contributed by atoms with Gasteiger partial charge in [0.05, 0.1) is 5.69 Å². The van der Waals surface area contributed by atoms with Crippen LogP contribution in [0, 0.1) is 0 Å². The average Bonchev–Trinajstić information content (AvgIpc) is 2.88. The summed E-state index contributed by atoms with van der Waals surface area (Å²) in [7, 11) is 0. The van der Waals surface area contributed by atoms with Gasteiger partial charge in [0, 0.05) is 24.7 Å². The lowest BCUT2D eigenvalue weighted by Crippen LogP contribution is -2.09. The van der Waals surface area contributed by atoms with Crippen LogP contribution < -0.4 is 5.32 Å². The first-order valence-corrected chi connectivity index (χ1v) is 7.20. The molecule has 0 atom stereocenters. The Morgan fingerprint density at radius 2 is 1.90 bits per heavy atom. The highest BCUT2D eigenvalue weighted by atomic mass is 15.3. The molecule has 108 valence electrons. The van der Waals surface area contributed by atoms with Crippen molar-refractivity contribution < 1.29 is 0 Å². The van der Waals surface area contributed by atoms with Crippen molar-refractivity contribution in [2.24, 2.45) is 0 Å². The van der Waals surface area contributed by atoms with Crippen molar-refractivity contribution >= 4 is 5.82 Å². The van der Waals surface area contributed by atoms with Gasteiger partial charge in [0.15, 0.2) is 5.82 Å². The van der Waals surface area contributed by atoms with E-state index in [2.05, 4.69) is 55.0 Å². The van der Waals surface area contributed by atoms with Crippen molar-refractivity contribution in [3.8, 4) is 5.82 Å². The lowest BCUT2D eigenvalue weighted by Gasteiger charge is -2.10. The fourth-order valence-corrected chi connectivity index (χ4v) is 1.87. The summed E-state index contributed by atoms with van der Waals surface area (Å²) in [6.45, 7) is 11.4. The number of hydrogen-bond acceptors (Lipinski definition) is 4. The van der Waals surface area contributed by atoms with Crippen molar-refractivity contribution in [1.82, 2.24) is 19.7 Å². The molecular weight excluding hydrogens is 250 g/mol. The second kappa shape index (κ2) is 6.03. The Bertz CT molecular complexity index is 571. The summed E-state index contributed by atoms with van der Waals surface area (Å²) in [6.07, 6.45) is 1.96. The van der Waals surface area contributed by atoms with E-state index in [0.717, 1.165) is 29.7 Å². The van der Waals surface area contributed by atoms with Gasteiger partial charge >= 0.3 is 0 Å². The first-order chi connectivity index (χ1) is 9.51. The molecule has 0 bridgehead atoms. The van der Waals surface area contributed by atoms with Gasteiger partial charge in [0.2, 0.25) is 0 Å². The highest BCUT2D eigenvalue weighted by Gasteiger charge is 2.11. The molecule has 2 aromatic heterocycles. The van der Waals surface area contributed by atoms with Crippen LogP contribution in [-0.4, -0.2) is 26.3 Å². The van der Waals surface area contributed by atoms with Crippen LogP contribution in [0.4, 0.5) is 5.82 Å². The highest BCUT2D eigenvalue weighted by Crippen LogP contribution is 2.18. The van der Waals surface area contributed by atoms with Crippen LogP contribution in [0.15, 0.2) is 18.3 Å². The van der Waals surface area contributed by atoms with Crippen molar-refractivity contribution in [2.45, 2.75) is 46.5 Å². The molecule has 0 unspecified atom stereocenters. The maximum absolute atomic E-state index is 4.61. The van der Waals surface area contributed by atoms with E-state index in [0.29, 0.717) is 5.92 Å². The van der Waals surface area contributed by atoms with Gasteiger partial charge in [-0.05, 0) is 18.9 Å². The summed E-state index contributed by atoms with van der Waals surface area (Å²) < 4.78 is 1.82. The molecule has 0 radical (unpaired) electrons. The van der Waals surface area contributed by atoms with Gasteiger partial charge in [-0.15, -0.1) is 0 Å². The van der Waals surface area contributed by atoms with Crippen LogP contribution in [0.25, 0.3) is 5.82 Å². The van der Waals surface area contributed by atoms with E-state index in [4.69, 9.17) is 0 Å². The Hall–Kier alpha value is -1.91. The molecule has 2 rings (SSSR count). The molecule has 0 fully saturated rings. The van der Waals surface area contributed by atoms with Crippen molar-refractivity contribution in [3.05, 3.63) is 29.8 Å². The van der Waals surface area contributed by atoms with E-state index in [1.165, 1.54) is 0 Å². The molecule has 0 amide bonds. The molecule has 0 aromatic carbocycles. The zero-order valence-electron chi connectivity index (χ0n) is 12.9. The second-order valence-electron chi connectivity index (χ2n) is 5.49. The van der Waals surface area contributed by atoms with Crippen molar-refractivity contribution in [3.63, 3.8) is 0 Å². The van der Waals surface area contributed by atoms with E-state index in [9.17, 15) is 0 Å². The molecule has 2 aromatic rings. The van der Waals surface area contributed by atoms with Crippen molar-refractivity contribution in [2.75, 3.05) is 11.9 Å². The highest BCUT2D eigenvalue weighted by molar-refractivity contribution is 5.41. The Kier molecular flexibility index (Phi) is 4.37. The van der Waals surface area contributed by atoms with E-state index < -0.39 is 0 Å². The molecule has 20 heavy (non-hydrogen) atoms. The normalized spacial score (nSPS) is 11.3. The molecule has 5 heteroatoms. The van der Waals surface area contributed by atoms with Crippen LogP contribution in [0.5, 0.6) is 0 Å². The number of nitrogens with zero attached hydrogens (tertiary/aromatic N) is 4. The molecule has 0 aliphatic rings. The van der Waals surface area contributed by atoms with Gasteiger partial charge in [-0.1, -0.05) is 27.7 Å². The molecule has 0 saturated heterocycles. The summed E-state index contributed by atoms with van der Waals surface area (Å²) in [5.41, 5.74) is 1.07. The SMILES string of the molecule is CCNc1cc(-n2ccc(C(C)C)n2)nc(C(C)C)n1. The number of aromatic nitrogens is 4. The number of nitrogens with one attached hydrogen (secondary N) is 1. The number of rotatable bonds is 5. The summed E-state index contributed by atoms with van der Waals surface area (Å²) in [5, 5.41) is 7.83. The standard InChI is InChI=1S/C15H23N5/c1-6-16-13-9-14(18-15(17-13)11(4)5)20-8-7-12(19-20)10(2)3/h7-11H,6H2,1-5H3,(H,16,17,18). The van der Waals surface area contributed by atoms with E-state index >= 15 is 0 Å². The summed E-state index contributed by atoms with van der Waals surface area (Å²) in [4.78, 5) is 9.13. The largest absolute Gasteiger partial charge is 0.370 e. The topological polar surface area (TPSA) is 55.6 Å². The van der Waals surface area contributed by atoms with Gasteiger partial charge in [-0.2, -0.15) is 5.10 Å². The first kappa shape index (κ1) is 14.5. The minimum absolute atomic E-state index is 0.285. The Labute approximate surface area is 120 Å². The number of hydrogen-bond donors (Lipinski definition) is 1. The summed E-state index contributed by atoms with van der Waals surface area (Å²) >= 11 is 0. The smallest absolute Gasteiger partial charge is 0.159 e. The van der Waals surface area contributed by atoms with E-state index in [1.54, 1.807) is 0 Å². The van der Waals surface area contributed by atoms with Gasteiger partial charge in [-0.3, -0.25) is 0 Å². The van der Waals surface area contributed by atoms with E-state index in [1.807, 2.05) is 23.0 Å². The van der Waals surface area contributed by atoms with Gasteiger partial charge in [0.1, 0.15) is 11.6 Å². The second-order valence-corrected chi connectivity index (χ2v) is 5.49. The van der Waals surface area contributed by atoms with Crippen LogP contribution in [0.3, 0.4) is 0 Å². The lowest BCUT2D eigenvalue weighted by molar-refractivity contribution is 0.726. The quantitative estimate of drug-likeness (QED) is 0.907. The molecule has 0 saturated carbocycles. The molecule has 0 spiro atoms. The molecule has 0 aliphatic carbocycles. The predicted octanol–water partition coefficient (Wildman–Crippen LogP) is 3.34. The molecular formula is C15H23N5. The third kappa shape index (κ3) is 3.15. The third-order valence-corrected chi connectivity index (χ3v) is 3.04. The fraction of sp³-hybridized carbons (Fsp3) is 0.533. The van der Waals surface area contributed by atoms with Crippen LogP contribution in [0.1, 0.15) is 58.0 Å². The number of anilines is 1. The third-order valence-electron chi connectivity index (χ3n) is 3.04. The maximum Gasteiger partial charge on any atom is 0.159 e. The van der Waals surface area contributed by atoms with Gasteiger partial charge in [0.25, 0.3) is 0 Å². The van der Waals surface area contributed by atoms with Gasteiger partial charge in [-0.25, -0.2) is 14.6 Å². The summed E-state index contributed by atoms with van der Waals surface area (Å²) in [5.74, 6) is 3.19. The Morgan fingerprint density at radius 3 is 2.45 bits per heavy atom. The summed E-state index contributed by atoms with van der Waals surface area (Å²) in [6, 6.07) is 3.97. The average molecular weight is 273 g/mol. The minimum Gasteiger partial charge on any atom is -0.370 e. The minimum atomic E-state index is 0.285. The van der Waals surface area contributed by atoms with E-state index in [-0.39, 0.29) is 5.92 Å². The predicted molar refractivity (Wildman–Crippen MR) is 81.5 cm³/mol. The zero-order valence-corrected chi connectivity index (χ0v) is 12.9. The maximum atomic E-state index is 4.61. The fourth-order valence-electron chi connectivity index (χ4n) is 1.87. The van der Waals surface area contributed by atoms with Crippen LogP contribution >= 0.6 is 0 Å². The molecule has 1 N–H and O–H groups in total. The Balaban J connectivity index is 2.42. The monoisotopic (exact) mass is 273 g/mol. The first-order valence-electron chi connectivity index (χ1n) is 7.20. The molecule has 2 heterocycles. The lowest BCUT2D eigenvalue weighted by atomic mass is 10.1. The van der Waals surface area contributed by atoms with Crippen LogP contribution in [-0.2, 0) is 0 Å². The van der Waals surface area contributed by atoms with Crippen molar-refractivity contribution in [1.29, 1.82) is 0 Å². The van der Waals surface area contributed by atoms with Crippen LogP contribution in [0.2, 0.25) is 0 Å². The zero-order chi connectivity index (χ0) is 14.7. The Morgan fingerprint density at radius 1 is 1.15 bits per heavy atom. The molecule has 5 nitrogen and oxygen atoms in total. The van der Waals surface area contributed by atoms with Gasteiger partial charge < -0.3 is 5.32 Å².